The van der Waals surface area contributed by atoms with Crippen LogP contribution >= 0.6 is 0 Å². The monoisotopic (exact) mass is 141 g/mol. The van der Waals surface area contributed by atoms with Crippen LogP contribution in [0.4, 0.5) is 0 Å². The fourth-order valence-corrected chi connectivity index (χ4v) is 0.547. The number of rotatable bonds is 3. The van der Waals surface area contributed by atoms with Crippen molar-refractivity contribution in [3.05, 3.63) is 12.2 Å². The van der Waals surface area contributed by atoms with E-state index in [0.717, 1.165) is 6.42 Å². The Morgan fingerprint density at radius 1 is 1.60 bits per heavy atom. The Balaban J connectivity index is 4.33. The van der Waals surface area contributed by atoms with Gasteiger partial charge >= 0.3 is 0 Å². The van der Waals surface area contributed by atoms with Gasteiger partial charge in [-0.3, -0.25) is 4.79 Å². The second kappa shape index (κ2) is 2.86. The number of hydrogen-bond donors (Lipinski definition) is 1. The molecule has 2 nitrogen and oxygen atoms in total. The first kappa shape index (κ1) is 9.21. The van der Waals surface area contributed by atoms with Gasteiger partial charge in [-0.2, -0.15) is 0 Å². The molecule has 0 unspecified atom stereocenters. The van der Waals surface area contributed by atoms with Crippen LogP contribution in [0.1, 0.15) is 27.2 Å². The van der Waals surface area contributed by atoms with E-state index in [-0.39, 0.29) is 5.41 Å². The van der Waals surface area contributed by atoms with Gasteiger partial charge in [0.25, 0.3) is 0 Å². The summed E-state index contributed by atoms with van der Waals surface area (Å²) in [5.41, 5.74) is 5.42. The minimum Gasteiger partial charge on any atom is -0.366 e. The van der Waals surface area contributed by atoms with Gasteiger partial charge in [-0.1, -0.05) is 27.4 Å². The van der Waals surface area contributed by atoms with Gasteiger partial charge in [-0.15, -0.1) is 0 Å². The Morgan fingerprint density at radius 3 is 2.10 bits per heavy atom. The van der Waals surface area contributed by atoms with E-state index in [4.69, 9.17) is 5.73 Å². The van der Waals surface area contributed by atoms with Crippen molar-refractivity contribution in [1.29, 1.82) is 0 Å². The van der Waals surface area contributed by atoms with Crippen LogP contribution < -0.4 is 5.73 Å². The topological polar surface area (TPSA) is 43.1 Å². The van der Waals surface area contributed by atoms with Crippen molar-refractivity contribution in [2.24, 2.45) is 11.1 Å². The van der Waals surface area contributed by atoms with Gasteiger partial charge in [0, 0.05) is 5.57 Å². The van der Waals surface area contributed by atoms with E-state index in [1.807, 2.05) is 20.8 Å². The van der Waals surface area contributed by atoms with Crippen molar-refractivity contribution in [3.8, 4) is 0 Å². The summed E-state index contributed by atoms with van der Waals surface area (Å²) >= 11 is 0. The van der Waals surface area contributed by atoms with Gasteiger partial charge in [0.15, 0.2) is 0 Å². The highest BCUT2D eigenvalue weighted by molar-refractivity contribution is 5.92. The highest BCUT2D eigenvalue weighted by atomic mass is 16.1. The van der Waals surface area contributed by atoms with E-state index < -0.39 is 5.91 Å². The Labute approximate surface area is 62.1 Å². The number of primary amides is 1. The third-order valence-corrected chi connectivity index (χ3v) is 2.00. The molecular weight excluding hydrogens is 126 g/mol. The molecule has 0 saturated carbocycles. The van der Waals surface area contributed by atoms with Crippen LogP contribution in [-0.2, 0) is 4.79 Å². The average molecular weight is 141 g/mol. The molecule has 0 atom stereocenters. The minimum absolute atomic E-state index is 0.147. The summed E-state index contributed by atoms with van der Waals surface area (Å²) in [6.07, 6.45) is 0.884. The van der Waals surface area contributed by atoms with Gasteiger partial charge in [0.2, 0.25) is 5.91 Å². The molecule has 0 fully saturated rings. The second-order valence-electron chi connectivity index (χ2n) is 3.08. The highest BCUT2D eigenvalue weighted by Crippen LogP contribution is 2.27. The molecule has 2 N–H and O–H groups in total. The van der Waals surface area contributed by atoms with Gasteiger partial charge < -0.3 is 5.73 Å². The maximum absolute atomic E-state index is 10.6. The number of nitrogens with two attached hydrogens (primary N) is 1. The van der Waals surface area contributed by atoms with E-state index in [1.165, 1.54) is 0 Å². The Kier molecular flexibility index (Phi) is 2.64. The lowest BCUT2D eigenvalue weighted by Crippen LogP contribution is -2.25. The molecule has 58 valence electrons. The largest absolute Gasteiger partial charge is 0.366 e. The van der Waals surface area contributed by atoms with Crippen molar-refractivity contribution in [1.82, 2.24) is 0 Å². The average Bonchev–Trinajstić information content (AvgIpc) is 1.86. The molecule has 0 bridgehead atoms. The fourth-order valence-electron chi connectivity index (χ4n) is 0.547. The Hall–Kier alpha value is -0.790. The molecule has 0 aliphatic carbocycles. The van der Waals surface area contributed by atoms with E-state index in [0.29, 0.717) is 5.57 Å². The van der Waals surface area contributed by atoms with E-state index in [1.54, 1.807) is 0 Å². The third-order valence-electron chi connectivity index (χ3n) is 2.00. The van der Waals surface area contributed by atoms with Crippen LogP contribution in [0, 0.1) is 5.41 Å². The molecule has 0 aromatic rings. The van der Waals surface area contributed by atoms with E-state index in [2.05, 4.69) is 6.58 Å². The van der Waals surface area contributed by atoms with Crippen LogP contribution in [0.15, 0.2) is 12.2 Å². The predicted molar refractivity (Wildman–Crippen MR) is 42.4 cm³/mol. The first-order valence-electron chi connectivity index (χ1n) is 3.41. The first-order valence-corrected chi connectivity index (χ1v) is 3.41. The summed E-state index contributed by atoms with van der Waals surface area (Å²) in [7, 11) is 0. The highest BCUT2D eigenvalue weighted by Gasteiger charge is 2.22. The van der Waals surface area contributed by atoms with Crippen LogP contribution in [-0.4, -0.2) is 5.91 Å². The molecule has 0 aromatic carbocycles. The molecule has 10 heavy (non-hydrogen) atoms. The van der Waals surface area contributed by atoms with Crippen LogP contribution in [0.2, 0.25) is 0 Å². The van der Waals surface area contributed by atoms with Crippen molar-refractivity contribution in [3.63, 3.8) is 0 Å². The van der Waals surface area contributed by atoms with Crippen LogP contribution in [0.5, 0.6) is 0 Å². The molecular formula is C8H15NO. The smallest absolute Gasteiger partial charge is 0.244 e. The molecule has 0 aliphatic heterocycles. The molecule has 0 aromatic heterocycles. The summed E-state index contributed by atoms with van der Waals surface area (Å²) < 4.78 is 0. The zero-order valence-corrected chi connectivity index (χ0v) is 6.90. The molecule has 0 aliphatic rings. The van der Waals surface area contributed by atoms with Gasteiger partial charge in [-0.05, 0) is 11.8 Å². The lowest BCUT2D eigenvalue weighted by molar-refractivity contribution is -0.115. The quantitative estimate of drug-likeness (QED) is 0.594. The molecule has 2 heteroatoms. The molecule has 0 radical (unpaired) electrons. The zero-order chi connectivity index (χ0) is 8.36. The van der Waals surface area contributed by atoms with Gasteiger partial charge in [-0.25, -0.2) is 0 Å². The maximum atomic E-state index is 10.6. The van der Waals surface area contributed by atoms with Gasteiger partial charge in [0.1, 0.15) is 0 Å². The zero-order valence-electron chi connectivity index (χ0n) is 6.90. The molecule has 1 amide bonds. The standard InChI is InChI=1S/C8H15NO/c1-5-8(3,4)6(2)7(9)10/h2,5H2,1,3-4H3,(H2,9,10). The summed E-state index contributed by atoms with van der Waals surface area (Å²) in [5, 5.41) is 0. The fraction of sp³-hybridized carbons (Fsp3) is 0.625. The van der Waals surface area contributed by atoms with Crippen molar-refractivity contribution < 1.29 is 4.79 Å². The number of hydrogen-bond acceptors (Lipinski definition) is 1. The van der Waals surface area contributed by atoms with E-state index in [9.17, 15) is 4.79 Å². The first-order chi connectivity index (χ1) is 4.41. The predicted octanol–water partition coefficient (Wildman–Crippen LogP) is 1.46. The Morgan fingerprint density at radius 2 is 2.00 bits per heavy atom. The normalized spacial score (nSPS) is 11.1. The third kappa shape index (κ3) is 1.87. The summed E-state index contributed by atoms with van der Waals surface area (Å²) in [6.45, 7) is 9.55. The summed E-state index contributed by atoms with van der Waals surface area (Å²) in [4.78, 5) is 10.6. The van der Waals surface area contributed by atoms with Gasteiger partial charge in [0.05, 0.1) is 0 Å². The van der Waals surface area contributed by atoms with E-state index >= 15 is 0 Å². The SMILES string of the molecule is C=C(C(N)=O)C(C)(C)CC. The van der Waals surface area contributed by atoms with Crippen LogP contribution in [0.25, 0.3) is 0 Å². The number of carbonyl (C=O) groups is 1. The lowest BCUT2D eigenvalue weighted by atomic mass is 9.82. The number of carbonyl (C=O) groups excluding carboxylic acids is 1. The Bertz CT molecular complexity index is 159. The lowest BCUT2D eigenvalue weighted by Gasteiger charge is -2.22. The minimum atomic E-state index is -0.396. The number of amides is 1. The maximum Gasteiger partial charge on any atom is 0.244 e. The van der Waals surface area contributed by atoms with Crippen molar-refractivity contribution in [2.45, 2.75) is 27.2 Å². The summed E-state index contributed by atoms with van der Waals surface area (Å²) in [5.74, 6) is -0.396. The summed E-state index contributed by atoms with van der Waals surface area (Å²) in [6, 6.07) is 0. The molecule has 0 spiro atoms. The molecule has 0 heterocycles. The molecule has 0 saturated heterocycles. The van der Waals surface area contributed by atoms with Crippen LogP contribution in [0.3, 0.4) is 0 Å². The van der Waals surface area contributed by atoms with Crippen molar-refractivity contribution in [2.75, 3.05) is 0 Å². The second-order valence-corrected chi connectivity index (χ2v) is 3.08. The van der Waals surface area contributed by atoms with Crippen molar-refractivity contribution >= 4 is 5.91 Å². The molecule has 0 rings (SSSR count).